The van der Waals surface area contributed by atoms with E-state index in [9.17, 15) is 0 Å². The highest BCUT2D eigenvalue weighted by Gasteiger charge is 2.36. The number of aryl methyl sites for hydroxylation is 1. The number of aromatic nitrogens is 4. The Kier molecular flexibility index (Phi) is 4.82. The molecule has 1 aliphatic rings. The third-order valence-electron chi connectivity index (χ3n) is 6.39. The highest BCUT2D eigenvalue weighted by atomic mass is 19.1. The van der Waals surface area contributed by atoms with Gasteiger partial charge in [-0.15, -0.1) is 10.2 Å². The van der Waals surface area contributed by atoms with Gasteiger partial charge in [0.05, 0.1) is 23.5 Å². The van der Waals surface area contributed by atoms with E-state index >= 15 is 4.39 Å². The zero-order chi connectivity index (χ0) is 22.6. The van der Waals surface area contributed by atoms with Gasteiger partial charge < -0.3 is 14.6 Å². The van der Waals surface area contributed by atoms with Crippen molar-refractivity contribution >= 4 is 16.6 Å². The highest BCUT2D eigenvalue weighted by Crippen LogP contribution is 2.44. The van der Waals surface area contributed by atoms with Gasteiger partial charge in [0.1, 0.15) is 11.6 Å². The van der Waals surface area contributed by atoms with E-state index < -0.39 is 5.54 Å². The lowest BCUT2D eigenvalue weighted by atomic mass is 9.92. The van der Waals surface area contributed by atoms with Crippen molar-refractivity contribution in [2.75, 3.05) is 19.0 Å². The van der Waals surface area contributed by atoms with Crippen LogP contribution in [-0.2, 0) is 23.2 Å². The van der Waals surface area contributed by atoms with Gasteiger partial charge in [-0.25, -0.2) is 4.39 Å². The van der Waals surface area contributed by atoms with Crippen molar-refractivity contribution in [2.24, 2.45) is 0 Å². The summed E-state index contributed by atoms with van der Waals surface area (Å²) in [6.07, 6.45) is 2.78. The lowest BCUT2D eigenvalue weighted by molar-refractivity contribution is 0.188. The van der Waals surface area contributed by atoms with Crippen molar-refractivity contribution in [1.82, 2.24) is 19.3 Å². The van der Waals surface area contributed by atoms with Gasteiger partial charge in [0.25, 0.3) is 0 Å². The van der Waals surface area contributed by atoms with Crippen molar-refractivity contribution in [2.45, 2.75) is 46.2 Å². The molecular formula is C25H28FN5O. The summed E-state index contributed by atoms with van der Waals surface area (Å²) in [6, 6.07) is 9.72. The number of nitrogens with zero attached hydrogens (tertiary/aromatic N) is 4. The van der Waals surface area contributed by atoms with Crippen LogP contribution in [0.15, 0.2) is 36.5 Å². The maximum atomic E-state index is 15.7. The largest absolute Gasteiger partial charge is 0.383 e. The molecule has 0 radical (unpaired) electrons. The average Bonchev–Trinajstić information content (AvgIpc) is 3.37. The minimum atomic E-state index is -0.452. The van der Waals surface area contributed by atoms with Gasteiger partial charge in [-0.2, -0.15) is 0 Å². The molecule has 1 aliphatic heterocycles. The van der Waals surface area contributed by atoms with E-state index in [1.54, 1.807) is 13.2 Å². The Morgan fingerprint density at radius 1 is 1.19 bits per heavy atom. The highest BCUT2D eigenvalue weighted by molar-refractivity contribution is 5.97. The smallest absolute Gasteiger partial charge is 0.162 e. The number of methoxy groups -OCH3 is 1. The molecule has 0 unspecified atom stereocenters. The van der Waals surface area contributed by atoms with Crippen molar-refractivity contribution < 1.29 is 9.13 Å². The molecule has 3 heterocycles. The normalized spacial score (nSPS) is 14.3. The van der Waals surface area contributed by atoms with E-state index in [1.165, 1.54) is 0 Å². The molecule has 0 spiro atoms. The number of anilines is 1. The number of benzene rings is 2. The summed E-state index contributed by atoms with van der Waals surface area (Å²) in [4.78, 5) is 0. The minimum Gasteiger partial charge on any atom is -0.383 e. The van der Waals surface area contributed by atoms with Crippen LogP contribution in [0, 0.1) is 12.7 Å². The van der Waals surface area contributed by atoms with E-state index in [2.05, 4.69) is 43.7 Å². The third kappa shape index (κ3) is 2.95. The first-order valence-electron chi connectivity index (χ1n) is 11.0. The van der Waals surface area contributed by atoms with Crippen LogP contribution in [0.4, 0.5) is 10.1 Å². The minimum absolute atomic E-state index is 0.240. The van der Waals surface area contributed by atoms with Crippen LogP contribution >= 0.6 is 0 Å². The maximum absolute atomic E-state index is 15.7. The summed E-state index contributed by atoms with van der Waals surface area (Å²) in [5.41, 5.74) is 4.67. The quantitative estimate of drug-likeness (QED) is 0.470. The molecule has 7 heteroatoms. The van der Waals surface area contributed by atoms with Crippen LogP contribution in [0.25, 0.3) is 27.7 Å². The van der Waals surface area contributed by atoms with Gasteiger partial charge >= 0.3 is 0 Å². The molecular weight excluding hydrogens is 405 g/mol. The lowest BCUT2D eigenvalue weighted by Gasteiger charge is -2.35. The zero-order valence-corrected chi connectivity index (χ0v) is 19.2. The molecule has 0 aliphatic carbocycles. The van der Waals surface area contributed by atoms with Crippen LogP contribution in [0.2, 0.25) is 0 Å². The Balaban J connectivity index is 1.76. The monoisotopic (exact) mass is 433 g/mol. The molecule has 0 saturated heterocycles. The molecule has 166 valence electrons. The average molecular weight is 434 g/mol. The lowest BCUT2D eigenvalue weighted by Crippen LogP contribution is -2.36. The number of fused-ring (bicyclic) bond motifs is 4. The van der Waals surface area contributed by atoms with Gasteiger partial charge in [-0.3, -0.25) is 4.57 Å². The Bertz CT molecular complexity index is 1330. The van der Waals surface area contributed by atoms with Crippen LogP contribution in [-0.4, -0.2) is 33.0 Å². The summed E-state index contributed by atoms with van der Waals surface area (Å²) in [7, 11) is 1.70. The van der Waals surface area contributed by atoms with Crippen LogP contribution in [0.3, 0.4) is 0 Å². The van der Waals surface area contributed by atoms with Crippen molar-refractivity contribution in [1.29, 1.82) is 0 Å². The van der Waals surface area contributed by atoms with E-state index in [0.717, 1.165) is 58.0 Å². The van der Waals surface area contributed by atoms with Gasteiger partial charge in [0.15, 0.2) is 5.82 Å². The van der Waals surface area contributed by atoms with Gasteiger partial charge in [0, 0.05) is 42.7 Å². The molecule has 0 atom stereocenters. The second-order valence-corrected chi connectivity index (χ2v) is 8.87. The van der Waals surface area contributed by atoms with Crippen LogP contribution in [0.5, 0.6) is 0 Å². The summed E-state index contributed by atoms with van der Waals surface area (Å²) in [5.74, 6) is 1.48. The van der Waals surface area contributed by atoms with Gasteiger partial charge in [0.2, 0.25) is 0 Å². The Morgan fingerprint density at radius 3 is 2.75 bits per heavy atom. The molecule has 0 bridgehead atoms. The number of ether oxygens (including phenoxy) is 1. The first-order valence-corrected chi connectivity index (χ1v) is 11.0. The van der Waals surface area contributed by atoms with Gasteiger partial charge in [-0.1, -0.05) is 19.1 Å². The fourth-order valence-corrected chi connectivity index (χ4v) is 4.88. The Hall–Kier alpha value is -3.19. The van der Waals surface area contributed by atoms with Gasteiger partial charge in [-0.05, 0) is 50.1 Å². The Labute approximate surface area is 187 Å². The second-order valence-electron chi connectivity index (χ2n) is 8.87. The third-order valence-corrected chi connectivity index (χ3v) is 6.39. The first-order chi connectivity index (χ1) is 15.4. The van der Waals surface area contributed by atoms with Crippen molar-refractivity contribution in [3.8, 4) is 16.8 Å². The molecule has 1 N–H and O–H groups in total. The SMILES string of the molecule is CCc1nnc2n1-c1c(cc(F)c(-c3cccc4c3ccn4CCOC)c1C)NC2(C)C. The molecule has 0 fully saturated rings. The van der Waals surface area contributed by atoms with E-state index in [4.69, 9.17) is 4.74 Å². The predicted molar refractivity (Wildman–Crippen MR) is 125 cm³/mol. The molecule has 5 rings (SSSR count). The molecule has 0 amide bonds. The van der Waals surface area contributed by atoms with E-state index in [0.29, 0.717) is 12.2 Å². The Morgan fingerprint density at radius 2 is 2.00 bits per heavy atom. The number of rotatable bonds is 5. The topological polar surface area (TPSA) is 56.9 Å². The second kappa shape index (κ2) is 7.45. The molecule has 2 aromatic heterocycles. The molecule has 0 saturated carbocycles. The predicted octanol–water partition coefficient (Wildman–Crippen LogP) is 5.21. The summed E-state index contributed by atoms with van der Waals surface area (Å²) < 4.78 is 25.2. The first kappa shape index (κ1) is 20.7. The molecule has 4 aromatic rings. The number of hydrogen-bond acceptors (Lipinski definition) is 4. The number of halogens is 1. The maximum Gasteiger partial charge on any atom is 0.162 e. The summed E-state index contributed by atoms with van der Waals surface area (Å²) in [6.45, 7) is 9.51. The van der Waals surface area contributed by atoms with E-state index in [1.807, 2.05) is 39.1 Å². The van der Waals surface area contributed by atoms with Crippen molar-refractivity contribution in [3.63, 3.8) is 0 Å². The molecule has 32 heavy (non-hydrogen) atoms. The number of nitrogens with one attached hydrogen (secondary N) is 1. The summed E-state index contributed by atoms with van der Waals surface area (Å²) in [5, 5.41) is 13.4. The van der Waals surface area contributed by atoms with E-state index in [-0.39, 0.29) is 5.82 Å². The zero-order valence-electron chi connectivity index (χ0n) is 19.2. The number of hydrogen-bond donors (Lipinski definition) is 1. The molecule has 2 aromatic carbocycles. The summed E-state index contributed by atoms with van der Waals surface area (Å²) >= 11 is 0. The van der Waals surface area contributed by atoms with Crippen LogP contribution in [0.1, 0.15) is 38.0 Å². The fraction of sp³-hybridized carbons (Fsp3) is 0.360. The van der Waals surface area contributed by atoms with Crippen molar-refractivity contribution in [3.05, 3.63) is 59.6 Å². The fourth-order valence-electron chi connectivity index (χ4n) is 4.88. The molecule has 6 nitrogen and oxygen atoms in total. The van der Waals surface area contributed by atoms with Crippen LogP contribution < -0.4 is 5.32 Å². The standard InChI is InChI=1S/C25H28FN5O/c1-6-21-28-29-24-25(3,4)27-19-14-18(26)22(15(2)23(19)31(21)24)17-8-7-9-20-16(17)10-11-30(20)12-13-32-5/h7-11,14,27H,6,12-13H2,1-5H3.